The van der Waals surface area contributed by atoms with Crippen LogP contribution in [-0.2, 0) is 0 Å². The van der Waals surface area contributed by atoms with E-state index in [0.717, 1.165) is 22.4 Å². The van der Waals surface area contributed by atoms with Crippen molar-refractivity contribution in [3.05, 3.63) is 46.6 Å². The molecular formula is C15H18ClFN2OS. The molecule has 0 aliphatic rings. The molecule has 114 valence electrons. The van der Waals surface area contributed by atoms with Crippen LogP contribution in [0.15, 0.2) is 30.3 Å². The molecular weight excluding hydrogens is 311 g/mol. The highest BCUT2D eigenvalue weighted by molar-refractivity contribution is 7.17. The zero-order valence-corrected chi connectivity index (χ0v) is 13.3. The van der Waals surface area contributed by atoms with Crippen molar-refractivity contribution in [2.24, 2.45) is 5.73 Å². The minimum atomic E-state index is -0.261. The summed E-state index contributed by atoms with van der Waals surface area (Å²) < 4.78 is 12.9. The van der Waals surface area contributed by atoms with Crippen molar-refractivity contribution in [2.75, 3.05) is 13.1 Å². The van der Waals surface area contributed by atoms with Crippen LogP contribution in [0.4, 0.5) is 4.39 Å². The van der Waals surface area contributed by atoms with E-state index in [1.54, 1.807) is 12.1 Å². The summed E-state index contributed by atoms with van der Waals surface area (Å²) in [5.74, 6) is -0.345. The lowest BCUT2D eigenvalue weighted by atomic mass is 10.1. The average Bonchev–Trinajstić information content (AvgIpc) is 2.82. The first kappa shape index (κ1) is 17.6. The minimum absolute atomic E-state index is 0. The maximum absolute atomic E-state index is 12.9. The van der Waals surface area contributed by atoms with E-state index in [9.17, 15) is 9.18 Å². The van der Waals surface area contributed by atoms with Crippen LogP contribution in [0.2, 0.25) is 0 Å². The Morgan fingerprint density at radius 2 is 2.00 bits per heavy atom. The molecule has 0 fully saturated rings. The molecule has 1 aromatic carbocycles. The molecule has 0 saturated carbocycles. The van der Waals surface area contributed by atoms with E-state index in [-0.39, 0.29) is 24.1 Å². The van der Waals surface area contributed by atoms with Gasteiger partial charge in [-0.3, -0.25) is 4.79 Å². The van der Waals surface area contributed by atoms with Gasteiger partial charge in [-0.1, -0.05) is 12.1 Å². The lowest BCUT2D eigenvalue weighted by Gasteiger charge is -2.01. The van der Waals surface area contributed by atoms with E-state index in [4.69, 9.17) is 5.73 Å². The predicted octanol–water partition coefficient (Wildman–Crippen LogP) is 3.36. The molecule has 0 saturated heterocycles. The summed E-state index contributed by atoms with van der Waals surface area (Å²) in [4.78, 5) is 13.6. The number of rotatable bonds is 5. The van der Waals surface area contributed by atoms with Crippen molar-refractivity contribution in [3.63, 3.8) is 0 Å². The molecule has 1 heterocycles. The Morgan fingerprint density at radius 3 is 2.62 bits per heavy atom. The number of thiophene rings is 1. The Hall–Kier alpha value is -1.43. The molecule has 2 rings (SSSR count). The summed E-state index contributed by atoms with van der Waals surface area (Å²) in [5, 5.41) is 2.83. The van der Waals surface area contributed by atoms with Gasteiger partial charge in [0.05, 0.1) is 4.88 Å². The molecule has 0 spiro atoms. The van der Waals surface area contributed by atoms with Crippen LogP contribution in [0.3, 0.4) is 0 Å². The fraction of sp³-hybridized carbons (Fsp3) is 0.267. The Morgan fingerprint density at radius 1 is 1.33 bits per heavy atom. The smallest absolute Gasteiger partial charge is 0.261 e. The van der Waals surface area contributed by atoms with E-state index in [1.165, 1.54) is 23.5 Å². The zero-order valence-electron chi connectivity index (χ0n) is 11.7. The third-order valence-electron chi connectivity index (χ3n) is 2.91. The summed E-state index contributed by atoms with van der Waals surface area (Å²) in [6.07, 6.45) is 0.765. The number of benzene rings is 1. The summed E-state index contributed by atoms with van der Waals surface area (Å²) in [6, 6.07) is 8.17. The molecule has 1 aromatic heterocycles. The van der Waals surface area contributed by atoms with Gasteiger partial charge in [0.2, 0.25) is 0 Å². The van der Waals surface area contributed by atoms with Crippen LogP contribution in [0.5, 0.6) is 0 Å². The molecule has 1 amide bonds. The summed E-state index contributed by atoms with van der Waals surface area (Å²) >= 11 is 1.42. The highest BCUT2D eigenvalue weighted by atomic mass is 35.5. The molecule has 21 heavy (non-hydrogen) atoms. The Balaban J connectivity index is 0.00000220. The number of hydrogen-bond donors (Lipinski definition) is 2. The van der Waals surface area contributed by atoms with E-state index >= 15 is 0 Å². The topological polar surface area (TPSA) is 55.1 Å². The van der Waals surface area contributed by atoms with E-state index in [0.29, 0.717) is 18.0 Å². The van der Waals surface area contributed by atoms with Crippen LogP contribution in [0.25, 0.3) is 10.4 Å². The van der Waals surface area contributed by atoms with Crippen molar-refractivity contribution >= 4 is 29.7 Å². The number of nitrogens with one attached hydrogen (secondary N) is 1. The molecule has 0 aliphatic carbocycles. The lowest BCUT2D eigenvalue weighted by Crippen LogP contribution is -2.25. The van der Waals surface area contributed by atoms with Crippen LogP contribution >= 0.6 is 23.7 Å². The summed E-state index contributed by atoms with van der Waals surface area (Å²) in [5.41, 5.74) is 7.34. The Labute approximate surface area is 133 Å². The van der Waals surface area contributed by atoms with Gasteiger partial charge in [0.15, 0.2) is 0 Å². The minimum Gasteiger partial charge on any atom is -0.351 e. The van der Waals surface area contributed by atoms with Crippen LogP contribution in [-0.4, -0.2) is 19.0 Å². The Kier molecular flexibility index (Phi) is 6.81. The predicted molar refractivity (Wildman–Crippen MR) is 87.7 cm³/mol. The van der Waals surface area contributed by atoms with Gasteiger partial charge in [0.1, 0.15) is 5.82 Å². The fourth-order valence-electron chi connectivity index (χ4n) is 1.87. The fourth-order valence-corrected chi connectivity index (χ4v) is 2.97. The average molecular weight is 329 g/mol. The van der Waals surface area contributed by atoms with Gasteiger partial charge in [-0.25, -0.2) is 4.39 Å². The highest BCUT2D eigenvalue weighted by Gasteiger charge is 2.13. The van der Waals surface area contributed by atoms with Gasteiger partial charge in [-0.15, -0.1) is 23.7 Å². The van der Waals surface area contributed by atoms with Gasteiger partial charge >= 0.3 is 0 Å². The largest absolute Gasteiger partial charge is 0.351 e. The normalized spacial score (nSPS) is 10.0. The molecule has 2 aromatic rings. The molecule has 6 heteroatoms. The van der Waals surface area contributed by atoms with Crippen molar-refractivity contribution in [1.29, 1.82) is 0 Å². The van der Waals surface area contributed by atoms with Gasteiger partial charge in [0, 0.05) is 11.4 Å². The van der Waals surface area contributed by atoms with Crippen molar-refractivity contribution in [2.45, 2.75) is 13.3 Å². The monoisotopic (exact) mass is 328 g/mol. The molecule has 3 N–H and O–H groups in total. The van der Waals surface area contributed by atoms with Crippen molar-refractivity contribution < 1.29 is 9.18 Å². The second-order valence-electron chi connectivity index (χ2n) is 4.53. The lowest BCUT2D eigenvalue weighted by molar-refractivity contribution is 0.0957. The number of aryl methyl sites for hydroxylation is 1. The van der Waals surface area contributed by atoms with Crippen LogP contribution < -0.4 is 11.1 Å². The Bertz CT molecular complexity index is 598. The van der Waals surface area contributed by atoms with E-state index in [2.05, 4.69) is 5.32 Å². The quantitative estimate of drug-likeness (QED) is 0.827. The van der Waals surface area contributed by atoms with Gasteiger partial charge in [-0.2, -0.15) is 0 Å². The second kappa shape index (κ2) is 8.12. The first-order valence-corrected chi connectivity index (χ1v) is 7.28. The third kappa shape index (κ3) is 4.52. The first-order valence-electron chi connectivity index (χ1n) is 6.46. The number of nitrogens with two attached hydrogens (primary N) is 1. The number of carbonyl (C=O) groups is 1. The second-order valence-corrected chi connectivity index (χ2v) is 5.58. The summed E-state index contributed by atoms with van der Waals surface area (Å²) in [6.45, 7) is 3.09. The molecule has 0 unspecified atom stereocenters. The molecule has 0 aliphatic heterocycles. The van der Waals surface area contributed by atoms with Gasteiger partial charge < -0.3 is 11.1 Å². The standard InChI is InChI=1S/C15H17FN2OS.ClH/c1-10-9-13(15(19)18-8-2-7-17)20-14(10)11-3-5-12(16)6-4-11;/h3-6,9H,2,7-8,17H2,1H3,(H,18,19);1H. The maximum Gasteiger partial charge on any atom is 0.261 e. The number of halogens is 2. The SMILES string of the molecule is Cc1cc(C(=O)NCCCN)sc1-c1ccc(F)cc1.Cl. The molecule has 3 nitrogen and oxygen atoms in total. The number of amides is 1. The molecule has 0 radical (unpaired) electrons. The summed E-state index contributed by atoms with van der Waals surface area (Å²) in [7, 11) is 0. The number of carbonyl (C=O) groups excluding carboxylic acids is 1. The number of hydrogen-bond acceptors (Lipinski definition) is 3. The highest BCUT2D eigenvalue weighted by Crippen LogP contribution is 2.32. The zero-order chi connectivity index (χ0) is 14.5. The van der Waals surface area contributed by atoms with Gasteiger partial charge in [0.25, 0.3) is 5.91 Å². The molecule has 0 bridgehead atoms. The van der Waals surface area contributed by atoms with Crippen molar-refractivity contribution in [3.8, 4) is 10.4 Å². The maximum atomic E-state index is 12.9. The first-order chi connectivity index (χ1) is 9.61. The third-order valence-corrected chi connectivity index (χ3v) is 4.20. The van der Waals surface area contributed by atoms with Gasteiger partial charge in [-0.05, 0) is 49.2 Å². The van der Waals surface area contributed by atoms with Crippen molar-refractivity contribution in [1.82, 2.24) is 5.32 Å². The van der Waals surface area contributed by atoms with Crippen LogP contribution in [0.1, 0.15) is 21.7 Å². The van der Waals surface area contributed by atoms with E-state index in [1.807, 2.05) is 13.0 Å². The van der Waals surface area contributed by atoms with Crippen LogP contribution in [0, 0.1) is 12.7 Å². The van der Waals surface area contributed by atoms with E-state index < -0.39 is 0 Å². The molecule has 0 atom stereocenters.